The minimum atomic E-state index is -0.198. The average Bonchev–Trinajstić information content (AvgIpc) is 2.53. The van der Waals surface area contributed by atoms with Gasteiger partial charge in [0.05, 0.1) is 12.6 Å². The molecular formula is C17H21NO3. The smallest absolute Gasteiger partial charge is 0.254 e. The molecule has 0 saturated carbocycles. The molecule has 1 aliphatic rings. The molecule has 1 aliphatic heterocycles. The number of hydrogen-bond acceptors (Lipinski definition) is 3. The van der Waals surface area contributed by atoms with Gasteiger partial charge in [-0.1, -0.05) is 17.9 Å². The third-order valence-electron chi connectivity index (χ3n) is 3.97. The lowest BCUT2D eigenvalue weighted by molar-refractivity contribution is 0.0502. The predicted octanol–water partition coefficient (Wildman–Crippen LogP) is 1.33. The Bertz CT molecular complexity index is 571. The van der Waals surface area contributed by atoms with Crippen LogP contribution in [0.25, 0.3) is 0 Å². The minimum Gasteiger partial charge on any atom is -0.394 e. The molecule has 4 heteroatoms. The van der Waals surface area contributed by atoms with Crippen LogP contribution in [0.5, 0.6) is 0 Å². The molecule has 21 heavy (non-hydrogen) atoms. The molecule has 1 saturated heterocycles. The Morgan fingerprint density at radius 2 is 2.19 bits per heavy atom. The number of nitrogens with zero attached hydrogens (tertiary/aromatic N) is 1. The van der Waals surface area contributed by atoms with E-state index in [1.54, 1.807) is 17.0 Å². The van der Waals surface area contributed by atoms with E-state index in [-0.39, 0.29) is 25.2 Å². The maximum atomic E-state index is 12.7. The van der Waals surface area contributed by atoms with Crippen molar-refractivity contribution in [3.63, 3.8) is 0 Å². The van der Waals surface area contributed by atoms with Gasteiger partial charge in [0.1, 0.15) is 6.61 Å². The van der Waals surface area contributed by atoms with Crippen molar-refractivity contribution in [2.45, 2.75) is 32.2 Å². The quantitative estimate of drug-likeness (QED) is 0.807. The SMILES string of the molecule is Cc1c(C#CCO)cccc1C(=O)N1CCCCC1CO. The highest BCUT2D eigenvalue weighted by molar-refractivity contribution is 5.96. The molecule has 1 unspecified atom stereocenters. The second-order valence-electron chi connectivity index (χ2n) is 5.27. The van der Waals surface area contributed by atoms with Gasteiger partial charge in [-0.15, -0.1) is 0 Å². The molecule has 1 amide bonds. The summed E-state index contributed by atoms with van der Waals surface area (Å²) in [5.41, 5.74) is 2.21. The van der Waals surface area contributed by atoms with E-state index in [2.05, 4.69) is 11.8 Å². The summed E-state index contributed by atoms with van der Waals surface area (Å²) < 4.78 is 0. The average molecular weight is 287 g/mol. The number of rotatable bonds is 2. The number of benzene rings is 1. The van der Waals surface area contributed by atoms with E-state index in [0.29, 0.717) is 12.1 Å². The van der Waals surface area contributed by atoms with Gasteiger partial charge in [-0.25, -0.2) is 0 Å². The summed E-state index contributed by atoms with van der Waals surface area (Å²) in [4.78, 5) is 14.5. The van der Waals surface area contributed by atoms with Crippen molar-refractivity contribution in [3.05, 3.63) is 34.9 Å². The third-order valence-corrected chi connectivity index (χ3v) is 3.97. The molecule has 0 radical (unpaired) electrons. The Hall–Kier alpha value is -1.83. The zero-order chi connectivity index (χ0) is 15.2. The molecule has 1 atom stereocenters. The van der Waals surface area contributed by atoms with Crippen LogP contribution in [-0.2, 0) is 0 Å². The molecule has 1 heterocycles. The molecule has 2 N–H and O–H groups in total. The van der Waals surface area contributed by atoms with E-state index < -0.39 is 0 Å². The van der Waals surface area contributed by atoms with Crippen molar-refractivity contribution in [2.75, 3.05) is 19.8 Å². The summed E-state index contributed by atoms with van der Waals surface area (Å²) in [6.07, 6.45) is 2.88. The maximum Gasteiger partial charge on any atom is 0.254 e. The highest BCUT2D eigenvalue weighted by atomic mass is 16.3. The lowest BCUT2D eigenvalue weighted by Crippen LogP contribution is -2.45. The number of hydrogen-bond donors (Lipinski definition) is 2. The van der Waals surface area contributed by atoms with Gasteiger partial charge in [-0.05, 0) is 43.9 Å². The lowest BCUT2D eigenvalue weighted by atomic mass is 9.98. The predicted molar refractivity (Wildman–Crippen MR) is 80.9 cm³/mol. The van der Waals surface area contributed by atoms with Crippen LogP contribution < -0.4 is 0 Å². The minimum absolute atomic E-state index is 0.00873. The van der Waals surface area contributed by atoms with Gasteiger partial charge in [-0.3, -0.25) is 4.79 Å². The highest BCUT2D eigenvalue weighted by Gasteiger charge is 2.27. The molecule has 0 aromatic heterocycles. The fraction of sp³-hybridized carbons (Fsp3) is 0.471. The van der Waals surface area contributed by atoms with E-state index in [4.69, 9.17) is 5.11 Å². The van der Waals surface area contributed by atoms with Crippen LogP contribution in [0.15, 0.2) is 18.2 Å². The molecule has 1 aromatic carbocycles. The number of amides is 1. The molecule has 0 spiro atoms. The molecule has 0 aliphatic carbocycles. The molecular weight excluding hydrogens is 266 g/mol. The number of piperidine rings is 1. The van der Waals surface area contributed by atoms with E-state index in [1.807, 2.05) is 13.0 Å². The van der Waals surface area contributed by atoms with Crippen LogP contribution in [0, 0.1) is 18.8 Å². The fourth-order valence-corrected chi connectivity index (χ4v) is 2.75. The van der Waals surface area contributed by atoms with Crippen molar-refractivity contribution in [3.8, 4) is 11.8 Å². The first-order chi connectivity index (χ1) is 10.2. The molecule has 1 aromatic rings. The standard InChI is InChI=1S/C17H21NO3/c1-13-14(7-5-11-19)6-4-9-16(13)17(21)18-10-3-2-8-15(18)12-20/h4,6,9,15,19-20H,2-3,8,10-12H2,1H3. The zero-order valence-corrected chi connectivity index (χ0v) is 12.3. The van der Waals surface area contributed by atoms with Crippen molar-refractivity contribution >= 4 is 5.91 Å². The van der Waals surface area contributed by atoms with Crippen molar-refractivity contribution in [1.82, 2.24) is 4.90 Å². The van der Waals surface area contributed by atoms with E-state index in [0.717, 1.165) is 30.4 Å². The molecule has 0 bridgehead atoms. The van der Waals surface area contributed by atoms with Crippen LogP contribution in [0.3, 0.4) is 0 Å². The van der Waals surface area contributed by atoms with Gasteiger partial charge in [0.15, 0.2) is 0 Å². The third kappa shape index (κ3) is 3.44. The lowest BCUT2D eigenvalue weighted by Gasteiger charge is -2.35. The van der Waals surface area contributed by atoms with Crippen LogP contribution in [0.4, 0.5) is 0 Å². The molecule has 1 fully saturated rings. The number of likely N-dealkylation sites (tertiary alicyclic amines) is 1. The zero-order valence-electron chi connectivity index (χ0n) is 12.3. The van der Waals surface area contributed by atoms with Crippen molar-refractivity contribution in [1.29, 1.82) is 0 Å². The Kier molecular flexibility index (Phi) is 5.38. The first kappa shape index (κ1) is 15.6. The number of carbonyl (C=O) groups is 1. The molecule has 2 rings (SSSR count). The molecule has 4 nitrogen and oxygen atoms in total. The summed E-state index contributed by atoms with van der Waals surface area (Å²) in [6.45, 7) is 2.37. The number of aliphatic hydroxyl groups is 2. The van der Waals surface area contributed by atoms with Crippen LogP contribution >= 0.6 is 0 Å². The summed E-state index contributed by atoms with van der Waals surface area (Å²) in [7, 11) is 0. The summed E-state index contributed by atoms with van der Waals surface area (Å²) in [5.74, 6) is 5.43. The van der Waals surface area contributed by atoms with Gasteiger partial charge in [-0.2, -0.15) is 0 Å². The van der Waals surface area contributed by atoms with Gasteiger partial charge in [0.2, 0.25) is 0 Å². The first-order valence-corrected chi connectivity index (χ1v) is 7.30. The fourth-order valence-electron chi connectivity index (χ4n) is 2.75. The summed E-state index contributed by atoms with van der Waals surface area (Å²) in [6, 6.07) is 5.36. The van der Waals surface area contributed by atoms with Crippen molar-refractivity contribution in [2.24, 2.45) is 0 Å². The first-order valence-electron chi connectivity index (χ1n) is 7.30. The Morgan fingerprint density at radius 3 is 2.90 bits per heavy atom. The largest absolute Gasteiger partial charge is 0.394 e. The number of aliphatic hydroxyl groups excluding tert-OH is 2. The Balaban J connectivity index is 2.30. The van der Waals surface area contributed by atoms with Crippen LogP contribution in [0.2, 0.25) is 0 Å². The summed E-state index contributed by atoms with van der Waals surface area (Å²) >= 11 is 0. The summed E-state index contributed by atoms with van der Waals surface area (Å²) in [5, 5.41) is 18.2. The normalized spacial score (nSPS) is 18.0. The number of carbonyl (C=O) groups excluding carboxylic acids is 1. The van der Waals surface area contributed by atoms with Crippen LogP contribution in [-0.4, -0.2) is 46.8 Å². The Morgan fingerprint density at radius 1 is 1.38 bits per heavy atom. The van der Waals surface area contributed by atoms with Gasteiger partial charge in [0.25, 0.3) is 5.91 Å². The van der Waals surface area contributed by atoms with E-state index in [9.17, 15) is 9.90 Å². The van der Waals surface area contributed by atoms with Gasteiger partial charge >= 0.3 is 0 Å². The molecule has 112 valence electrons. The van der Waals surface area contributed by atoms with Crippen molar-refractivity contribution < 1.29 is 15.0 Å². The topological polar surface area (TPSA) is 60.8 Å². The van der Waals surface area contributed by atoms with Crippen LogP contribution in [0.1, 0.15) is 40.7 Å². The highest BCUT2D eigenvalue weighted by Crippen LogP contribution is 2.22. The van der Waals surface area contributed by atoms with Gasteiger partial charge < -0.3 is 15.1 Å². The maximum absolute atomic E-state index is 12.7. The van der Waals surface area contributed by atoms with E-state index in [1.165, 1.54) is 0 Å². The second-order valence-corrected chi connectivity index (χ2v) is 5.27. The second kappa shape index (κ2) is 7.26. The van der Waals surface area contributed by atoms with E-state index >= 15 is 0 Å². The van der Waals surface area contributed by atoms with Gasteiger partial charge in [0, 0.05) is 17.7 Å². The monoisotopic (exact) mass is 287 g/mol. The Labute approximate surface area is 125 Å².